The summed E-state index contributed by atoms with van der Waals surface area (Å²) in [6.45, 7) is 2.89. The maximum absolute atomic E-state index is 11.9. The number of benzene rings is 1. The molecule has 0 spiro atoms. The molecule has 1 fully saturated rings. The summed E-state index contributed by atoms with van der Waals surface area (Å²) in [6.07, 6.45) is 0.432. The molecule has 6 heteroatoms. The zero-order chi connectivity index (χ0) is 13.1. The molecule has 1 aromatic carbocycles. The highest BCUT2D eigenvalue weighted by atomic mass is 35.5. The van der Waals surface area contributed by atoms with Crippen LogP contribution in [-0.4, -0.2) is 19.0 Å². The van der Waals surface area contributed by atoms with Gasteiger partial charge in [0.25, 0.3) is 0 Å². The largest absolute Gasteiger partial charge is 0.312 e. The van der Waals surface area contributed by atoms with Gasteiger partial charge in [-0.2, -0.15) is 0 Å². The van der Waals surface area contributed by atoms with E-state index in [-0.39, 0.29) is 11.8 Å². The lowest BCUT2D eigenvalue weighted by Crippen LogP contribution is -2.25. The summed E-state index contributed by atoms with van der Waals surface area (Å²) in [4.78, 5) is 16.4. The summed E-state index contributed by atoms with van der Waals surface area (Å²) in [6, 6.07) is 5.47. The van der Waals surface area contributed by atoms with Crippen molar-refractivity contribution in [1.82, 2.24) is 0 Å². The van der Waals surface area contributed by atoms with Crippen LogP contribution < -0.4 is 4.90 Å². The molecule has 1 aliphatic rings. The van der Waals surface area contributed by atoms with Crippen LogP contribution in [0, 0.1) is 12.8 Å². The molecule has 0 radical (unpaired) electrons. The van der Waals surface area contributed by atoms with Gasteiger partial charge in [-0.3, -0.25) is 4.79 Å². The quantitative estimate of drug-likeness (QED) is 0.469. The first-order valence-corrected chi connectivity index (χ1v) is 6.07. The zero-order valence-corrected chi connectivity index (χ0v) is 10.8. The monoisotopic (exact) mass is 264 g/mol. The fraction of sp³-hybridized carbons (Fsp3) is 0.417. The van der Waals surface area contributed by atoms with Crippen LogP contribution in [-0.2, 0) is 4.79 Å². The van der Waals surface area contributed by atoms with Crippen LogP contribution in [0.2, 0.25) is 5.02 Å². The molecule has 0 bridgehead atoms. The minimum absolute atomic E-state index is 0.0681. The van der Waals surface area contributed by atoms with E-state index in [4.69, 9.17) is 17.1 Å². The van der Waals surface area contributed by atoms with Crippen molar-refractivity contribution >= 4 is 23.2 Å². The normalized spacial score (nSPS) is 18.9. The van der Waals surface area contributed by atoms with Gasteiger partial charge in [-0.05, 0) is 42.1 Å². The van der Waals surface area contributed by atoms with Gasteiger partial charge in [0, 0.05) is 35.1 Å². The SMILES string of the molecule is Cc1cc(Cl)ccc1N1CC(CN=[N+]=[N-])CC1=O. The van der Waals surface area contributed by atoms with Gasteiger partial charge in [0.15, 0.2) is 0 Å². The maximum Gasteiger partial charge on any atom is 0.227 e. The lowest BCUT2D eigenvalue weighted by atomic mass is 10.1. The second kappa shape index (κ2) is 5.29. The average Bonchev–Trinajstić information content (AvgIpc) is 2.68. The Kier molecular flexibility index (Phi) is 3.75. The van der Waals surface area contributed by atoms with Crippen LogP contribution in [0.3, 0.4) is 0 Å². The van der Waals surface area contributed by atoms with Crippen LogP contribution in [0.1, 0.15) is 12.0 Å². The molecular weight excluding hydrogens is 252 g/mol. The summed E-state index contributed by atoms with van der Waals surface area (Å²) in [5.41, 5.74) is 10.1. The molecule has 0 saturated carbocycles. The van der Waals surface area contributed by atoms with E-state index in [9.17, 15) is 4.79 Å². The van der Waals surface area contributed by atoms with Crippen molar-refractivity contribution in [2.75, 3.05) is 18.0 Å². The van der Waals surface area contributed by atoms with Gasteiger partial charge in [-0.1, -0.05) is 16.7 Å². The standard InChI is InChI=1S/C12H13ClN4O/c1-8-4-10(13)2-3-11(8)17-7-9(5-12(17)18)6-15-16-14/h2-4,9H,5-7H2,1H3. The molecule has 5 nitrogen and oxygen atoms in total. The first-order chi connectivity index (χ1) is 8.61. The lowest BCUT2D eigenvalue weighted by Gasteiger charge is -2.19. The molecule has 1 aromatic rings. The molecular formula is C12H13ClN4O. The van der Waals surface area contributed by atoms with E-state index in [1.807, 2.05) is 19.1 Å². The summed E-state index contributed by atoms with van der Waals surface area (Å²) in [7, 11) is 0. The molecule has 0 N–H and O–H groups in total. The molecule has 2 rings (SSSR count). The zero-order valence-electron chi connectivity index (χ0n) is 10.0. The molecule has 1 unspecified atom stereocenters. The third kappa shape index (κ3) is 2.58. The van der Waals surface area contributed by atoms with Crippen LogP contribution in [0.25, 0.3) is 10.4 Å². The second-order valence-corrected chi connectivity index (χ2v) is 4.86. The number of rotatable bonds is 3. The van der Waals surface area contributed by atoms with Gasteiger partial charge in [-0.25, -0.2) is 0 Å². The van der Waals surface area contributed by atoms with Crippen molar-refractivity contribution in [1.29, 1.82) is 0 Å². The van der Waals surface area contributed by atoms with Gasteiger partial charge in [-0.15, -0.1) is 0 Å². The van der Waals surface area contributed by atoms with Crippen molar-refractivity contribution in [3.63, 3.8) is 0 Å². The smallest absolute Gasteiger partial charge is 0.227 e. The minimum atomic E-state index is 0.0681. The van der Waals surface area contributed by atoms with Crippen molar-refractivity contribution in [2.24, 2.45) is 11.0 Å². The minimum Gasteiger partial charge on any atom is -0.312 e. The van der Waals surface area contributed by atoms with Crippen LogP contribution in [0.15, 0.2) is 23.3 Å². The third-order valence-corrected chi connectivity index (χ3v) is 3.29. The Hall–Kier alpha value is -1.71. The third-order valence-electron chi connectivity index (χ3n) is 3.06. The van der Waals surface area contributed by atoms with Gasteiger partial charge in [0.2, 0.25) is 5.91 Å². The summed E-state index contributed by atoms with van der Waals surface area (Å²) < 4.78 is 0. The van der Waals surface area contributed by atoms with Gasteiger partial charge < -0.3 is 4.90 Å². The Morgan fingerprint density at radius 2 is 2.39 bits per heavy atom. The number of hydrogen-bond acceptors (Lipinski definition) is 2. The molecule has 1 atom stereocenters. The summed E-state index contributed by atoms with van der Waals surface area (Å²) in [5.74, 6) is 0.169. The first-order valence-electron chi connectivity index (χ1n) is 5.69. The average molecular weight is 265 g/mol. The number of nitrogens with zero attached hydrogens (tertiary/aromatic N) is 4. The maximum atomic E-state index is 11.9. The highest BCUT2D eigenvalue weighted by Gasteiger charge is 2.30. The molecule has 18 heavy (non-hydrogen) atoms. The number of anilines is 1. The van der Waals surface area contributed by atoms with Crippen molar-refractivity contribution in [3.8, 4) is 0 Å². The summed E-state index contributed by atoms with van der Waals surface area (Å²) in [5, 5.41) is 4.19. The van der Waals surface area contributed by atoms with E-state index in [1.165, 1.54) is 0 Å². The first kappa shape index (κ1) is 12.7. The lowest BCUT2D eigenvalue weighted by molar-refractivity contribution is -0.117. The Labute approximate surface area is 110 Å². The van der Waals surface area contributed by atoms with Gasteiger partial charge >= 0.3 is 0 Å². The second-order valence-electron chi connectivity index (χ2n) is 4.42. The Morgan fingerprint density at radius 3 is 3.06 bits per heavy atom. The van der Waals surface area contributed by atoms with E-state index < -0.39 is 0 Å². The Balaban J connectivity index is 2.18. The number of hydrogen-bond donors (Lipinski definition) is 0. The van der Waals surface area contributed by atoms with Crippen LogP contribution in [0.5, 0.6) is 0 Å². The number of carbonyl (C=O) groups is 1. The fourth-order valence-electron chi connectivity index (χ4n) is 2.21. The molecule has 1 amide bonds. The number of azide groups is 1. The van der Waals surface area contributed by atoms with Crippen LogP contribution in [0.4, 0.5) is 5.69 Å². The van der Waals surface area contributed by atoms with Crippen molar-refractivity contribution in [2.45, 2.75) is 13.3 Å². The van der Waals surface area contributed by atoms with Crippen LogP contribution >= 0.6 is 11.6 Å². The summed E-state index contributed by atoms with van der Waals surface area (Å²) >= 11 is 5.90. The molecule has 1 heterocycles. The number of amides is 1. The Morgan fingerprint density at radius 1 is 1.61 bits per heavy atom. The molecule has 0 aliphatic carbocycles. The van der Waals surface area contributed by atoms with Gasteiger partial charge in [0.1, 0.15) is 0 Å². The number of carbonyl (C=O) groups excluding carboxylic acids is 1. The topological polar surface area (TPSA) is 69.1 Å². The molecule has 1 saturated heterocycles. The molecule has 0 aromatic heterocycles. The highest BCUT2D eigenvalue weighted by Crippen LogP contribution is 2.29. The predicted molar refractivity (Wildman–Crippen MR) is 70.7 cm³/mol. The van der Waals surface area contributed by atoms with E-state index in [1.54, 1.807) is 11.0 Å². The Bertz CT molecular complexity index is 525. The van der Waals surface area contributed by atoms with E-state index >= 15 is 0 Å². The van der Waals surface area contributed by atoms with Gasteiger partial charge in [0.05, 0.1) is 0 Å². The van der Waals surface area contributed by atoms with E-state index in [0.717, 1.165) is 11.3 Å². The molecule has 94 valence electrons. The van der Waals surface area contributed by atoms with Crippen molar-refractivity contribution < 1.29 is 4.79 Å². The highest BCUT2D eigenvalue weighted by molar-refractivity contribution is 6.30. The van der Waals surface area contributed by atoms with E-state index in [2.05, 4.69) is 10.0 Å². The molecule has 1 aliphatic heterocycles. The predicted octanol–water partition coefficient (Wildman–Crippen LogP) is 3.31. The van der Waals surface area contributed by atoms with E-state index in [0.29, 0.717) is 24.5 Å². The number of aryl methyl sites for hydroxylation is 1. The fourth-order valence-corrected chi connectivity index (χ4v) is 2.44. The number of halogens is 1. The van der Waals surface area contributed by atoms with Crippen molar-refractivity contribution in [3.05, 3.63) is 39.2 Å².